The summed E-state index contributed by atoms with van der Waals surface area (Å²) in [6.07, 6.45) is 1.29. The highest BCUT2D eigenvalue weighted by atomic mass is 35.5. The van der Waals surface area contributed by atoms with E-state index in [1.54, 1.807) is 24.3 Å². The second-order valence-corrected chi connectivity index (χ2v) is 6.87. The predicted octanol–water partition coefficient (Wildman–Crippen LogP) is 3.86. The van der Waals surface area contributed by atoms with Gasteiger partial charge in [-0.15, -0.1) is 0 Å². The highest BCUT2D eigenvalue weighted by molar-refractivity contribution is 7.93. The van der Waals surface area contributed by atoms with Crippen LogP contribution in [0, 0.1) is 5.82 Å². The average molecular weight is 374 g/mol. The SMILES string of the molecule is O=C(NS(=O)(=O)/C=C/c1cccc(Cl)c1)c1ccc(F)cc1Cl. The molecule has 0 atom stereocenters. The third kappa shape index (κ3) is 5.06. The van der Waals surface area contributed by atoms with E-state index in [9.17, 15) is 17.6 Å². The molecule has 4 nitrogen and oxygen atoms in total. The van der Waals surface area contributed by atoms with E-state index < -0.39 is 21.7 Å². The second kappa shape index (κ2) is 7.12. The van der Waals surface area contributed by atoms with Crippen molar-refractivity contribution in [1.82, 2.24) is 4.72 Å². The minimum atomic E-state index is -4.04. The molecule has 0 aliphatic rings. The molecule has 0 saturated carbocycles. The highest BCUT2D eigenvalue weighted by Crippen LogP contribution is 2.17. The molecule has 0 bridgehead atoms. The lowest BCUT2D eigenvalue weighted by Gasteiger charge is -2.05. The number of sulfonamides is 1. The molecule has 0 spiro atoms. The molecule has 0 fully saturated rings. The molecule has 2 aromatic carbocycles. The molecular formula is C15H10Cl2FNO3S. The zero-order valence-electron chi connectivity index (χ0n) is 11.5. The summed E-state index contributed by atoms with van der Waals surface area (Å²) in [6.45, 7) is 0. The van der Waals surface area contributed by atoms with Crippen molar-refractivity contribution < 1.29 is 17.6 Å². The molecule has 2 aromatic rings. The van der Waals surface area contributed by atoms with Gasteiger partial charge in [-0.3, -0.25) is 4.79 Å². The van der Waals surface area contributed by atoms with Crippen LogP contribution in [0.25, 0.3) is 6.08 Å². The van der Waals surface area contributed by atoms with Crippen molar-refractivity contribution in [3.05, 3.63) is 74.9 Å². The minimum absolute atomic E-state index is 0.146. The molecule has 1 N–H and O–H groups in total. The van der Waals surface area contributed by atoms with Crippen LogP contribution in [0.1, 0.15) is 15.9 Å². The van der Waals surface area contributed by atoms with E-state index in [1.165, 1.54) is 6.08 Å². The average Bonchev–Trinajstić information content (AvgIpc) is 2.44. The Hall–Kier alpha value is -1.89. The van der Waals surface area contributed by atoms with E-state index in [4.69, 9.17) is 23.2 Å². The van der Waals surface area contributed by atoms with Gasteiger partial charge in [-0.1, -0.05) is 35.3 Å². The molecule has 0 saturated heterocycles. The monoisotopic (exact) mass is 373 g/mol. The van der Waals surface area contributed by atoms with Gasteiger partial charge in [0.25, 0.3) is 15.9 Å². The molecular weight excluding hydrogens is 364 g/mol. The molecule has 8 heteroatoms. The van der Waals surface area contributed by atoms with E-state index in [2.05, 4.69) is 0 Å². The molecule has 0 unspecified atom stereocenters. The topological polar surface area (TPSA) is 63.2 Å². The smallest absolute Gasteiger partial charge is 0.266 e. The standard InChI is InChI=1S/C15H10Cl2FNO3S/c16-11-3-1-2-10(8-11)6-7-23(21,22)19-15(20)13-5-4-12(18)9-14(13)17/h1-9H,(H,19,20)/b7-6+. The summed E-state index contributed by atoms with van der Waals surface area (Å²) in [6, 6.07) is 9.54. The minimum Gasteiger partial charge on any atom is -0.268 e. The Morgan fingerprint density at radius 3 is 2.52 bits per heavy atom. The number of hydrogen-bond donors (Lipinski definition) is 1. The van der Waals surface area contributed by atoms with E-state index in [-0.39, 0.29) is 10.6 Å². The van der Waals surface area contributed by atoms with Crippen LogP contribution in [0.4, 0.5) is 4.39 Å². The highest BCUT2D eigenvalue weighted by Gasteiger charge is 2.16. The lowest BCUT2D eigenvalue weighted by Crippen LogP contribution is -2.29. The second-order valence-electron chi connectivity index (χ2n) is 4.46. The fourth-order valence-corrected chi connectivity index (χ4v) is 2.89. The largest absolute Gasteiger partial charge is 0.268 e. The molecule has 0 aliphatic carbocycles. The predicted molar refractivity (Wildman–Crippen MR) is 88.3 cm³/mol. The quantitative estimate of drug-likeness (QED) is 0.884. The zero-order chi connectivity index (χ0) is 17.0. The summed E-state index contributed by atoms with van der Waals surface area (Å²) < 4.78 is 38.5. The Balaban J connectivity index is 2.16. The summed E-state index contributed by atoms with van der Waals surface area (Å²) in [7, 11) is -4.04. The molecule has 1 amide bonds. The fraction of sp³-hybridized carbons (Fsp3) is 0. The normalized spacial score (nSPS) is 11.6. The Labute approximate surface area is 142 Å². The maximum absolute atomic E-state index is 12.9. The van der Waals surface area contributed by atoms with E-state index in [0.29, 0.717) is 10.6 Å². The van der Waals surface area contributed by atoms with Crippen molar-refractivity contribution in [2.24, 2.45) is 0 Å². The van der Waals surface area contributed by atoms with Crippen LogP contribution in [0.2, 0.25) is 10.0 Å². The maximum Gasteiger partial charge on any atom is 0.266 e. The Kier molecular flexibility index (Phi) is 5.41. The number of hydrogen-bond acceptors (Lipinski definition) is 3. The van der Waals surface area contributed by atoms with E-state index in [0.717, 1.165) is 23.6 Å². The van der Waals surface area contributed by atoms with Crippen LogP contribution in [0.3, 0.4) is 0 Å². The molecule has 0 heterocycles. The lowest BCUT2D eigenvalue weighted by molar-refractivity contribution is 0.0982. The molecule has 2 rings (SSSR count). The van der Waals surface area contributed by atoms with Gasteiger partial charge in [-0.2, -0.15) is 0 Å². The maximum atomic E-state index is 12.9. The first kappa shape index (κ1) is 17.5. The van der Waals surface area contributed by atoms with E-state index >= 15 is 0 Å². The van der Waals surface area contributed by atoms with Gasteiger partial charge in [0.05, 0.1) is 16.0 Å². The van der Waals surface area contributed by atoms with Crippen molar-refractivity contribution >= 4 is 45.2 Å². The van der Waals surface area contributed by atoms with Crippen molar-refractivity contribution in [3.63, 3.8) is 0 Å². The molecule has 0 aromatic heterocycles. The first-order chi connectivity index (χ1) is 10.8. The summed E-state index contributed by atoms with van der Waals surface area (Å²) in [5.41, 5.74) is 0.405. The third-order valence-corrected chi connectivity index (χ3v) is 4.21. The summed E-state index contributed by atoms with van der Waals surface area (Å²) >= 11 is 11.5. The first-order valence-corrected chi connectivity index (χ1v) is 8.53. The fourth-order valence-electron chi connectivity index (χ4n) is 1.67. The molecule has 23 heavy (non-hydrogen) atoms. The Bertz CT molecular complexity index is 882. The van der Waals surface area contributed by atoms with Gasteiger partial charge in [-0.05, 0) is 42.0 Å². The van der Waals surface area contributed by atoms with Crippen LogP contribution < -0.4 is 4.72 Å². The molecule has 120 valence electrons. The lowest BCUT2D eigenvalue weighted by atomic mass is 10.2. The van der Waals surface area contributed by atoms with Gasteiger partial charge in [-0.25, -0.2) is 17.5 Å². The molecule has 0 radical (unpaired) electrons. The number of carbonyl (C=O) groups is 1. The number of nitrogens with one attached hydrogen (secondary N) is 1. The van der Waals surface area contributed by atoms with Crippen molar-refractivity contribution in [3.8, 4) is 0 Å². The van der Waals surface area contributed by atoms with Crippen LogP contribution >= 0.6 is 23.2 Å². The van der Waals surface area contributed by atoms with Crippen LogP contribution in [-0.2, 0) is 10.0 Å². The van der Waals surface area contributed by atoms with Gasteiger partial charge in [0, 0.05) is 5.02 Å². The van der Waals surface area contributed by atoms with Gasteiger partial charge < -0.3 is 0 Å². The number of halogens is 3. The Morgan fingerprint density at radius 1 is 1.13 bits per heavy atom. The first-order valence-electron chi connectivity index (χ1n) is 6.23. The summed E-state index contributed by atoms with van der Waals surface area (Å²) in [4.78, 5) is 11.9. The summed E-state index contributed by atoms with van der Waals surface area (Å²) in [5, 5.41) is 1.09. The van der Waals surface area contributed by atoms with Crippen LogP contribution in [0.15, 0.2) is 47.9 Å². The van der Waals surface area contributed by atoms with Crippen LogP contribution in [-0.4, -0.2) is 14.3 Å². The zero-order valence-corrected chi connectivity index (χ0v) is 13.8. The van der Waals surface area contributed by atoms with Gasteiger partial charge >= 0.3 is 0 Å². The Morgan fingerprint density at radius 2 is 1.87 bits per heavy atom. The van der Waals surface area contributed by atoms with Crippen LogP contribution in [0.5, 0.6) is 0 Å². The third-order valence-electron chi connectivity index (χ3n) is 2.70. The van der Waals surface area contributed by atoms with Gasteiger partial charge in [0.1, 0.15) is 5.82 Å². The van der Waals surface area contributed by atoms with Crippen molar-refractivity contribution in [2.45, 2.75) is 0 Å². The van der Waals surface area contributed by atoms with Crippen molar-refractivity contribution in [1.29, 1.82) is 0 Å². The van der Waals surface area contributed by atoms with Gasteiger partial charge in [0.15, 0.2) is 0 Å². The number of rotatable bonds is 4. The molecule has 0 aliphatic heterocycles. The van der Waals surface area contributed by atoms with Gasteiger partial charge in [0.2, 0.25) is 0 Å². The number of benzene rings is 2. The summed E-state index contributed by atoms with van der Waals surface area (Å²) in [5.74, 6) is -1.58. The van der Waals surface area contributed by atoms with Crippen molar-refractivity contribution in [2.75, 3.05) is 0 Å². The number of carbonyl (C=O) groups excluding carboxylic acids is 1. The number of amides is 1. The van der Waals surface area contributed by atoms with E-state index in [1.807, 2.05) is 4.72 Å².